The van der Waals surface area contributed by atoms with Crippen LogP contribution in [0.2, 0.25) is 0 Å². The molecule has 0 spiro atoms. The third kappa shape index (κ3) is 4.00. The summed E-state index contributed by atoms with van der Waals surface area (Å²) in [5.41, 5.74) is 7.44. The third-order valence-electron chi connectivity index (χ3n) is 7.75. The van der Waals surface area contributed by atoms with Gasteiger partial charge < -0.3 is 5.32 Å². The molecule has 0 bridgehead atoms. The largest absolute Gasteiger partial charge is 0.325 e. The molecule has 0 radical (unpaired) electrons. The Morgan fingerprint density at radius 2 is 1.39 bits per heavy atom. The molecule has 3 aromatic rings. The van der Waals surface area contributed by atoms with Gasteiger partial charge in [-0.1, -0.05) is 42.5 Å². The zero-order valence-electron chi connectivity index (χ0n) is 20.3. The molecule has 1 aromatic heterocycles. The number of rotatable bonds is 6. The van der Waals surface area contributed by atoms with Crippen molar-refractivity contribution in [2.24, 2.45) is 0 Å². The molecule has 0 fully saturated rings. The standard InChI is InChI=1S/C30H29N3O3/c34-27(32-28-23-13-6-7-15-25(23)31-26-16-8-14-24(26)28)17-20(19-9-2-1-3-10-19)18-33-29(35)21-11-4-5-12-22(21)30(33)36/h1-5,9-12,20H,6-8,13-18H2,(H,31,32,34)/t20-/m0/s1. The van der Waals surface area contributed by atoms with Crippen LogP contribution in [-0.2, 0) is 30.5 Å². The van der Waals surface area contributed by atoms with E-state index in [9.17, 15) is 14.4 Å². The molecule has 2 heterocycles. The van der Waals surface area contributed by atoms with E-state index in [4.69, 9.17) is 4.98 Å². The number of nitrogens with one attached hydrogen (secondary N) is 1. The first kappa shape index (κ1) is 22.7. The van der Waals surface area contributed by atoms with Crippen LogP contribution in [0.25, 0.3) is 0 Å². The molecule has 6 nitrogen and oxygen atoms in total. The van der Waals surface area contributed by atoms with Gasteiger partial charge in [-0.25, -0.2) is 0 Å². The third-order valence-corrected chi connectivity index (χ3v) is 7.75. The molecule has 36 heavy (non-hydrogen) atoms. The molecular formula is C30H29N3O3. The number of hydrogen-bond acceptors (Lipinski definition) is 4. The monoisotopic (exact) mass is 479 g/mol. The lowest BCUT2D eigenvalue weighted by atomic mass is 9.91. The fourth-order valence-electron chi connectivity index (χ4n) is 5.95. The highest BCUT2D eigenvalue weighted by Gasteiger charge is 2.37. The maximum atomic E-state index is 13.5. The van der Waals surface area contributed by atoms with Crippen LogP contribution in [0.1, 0.15) is 80.4 Å². The van der Waals surface area contributed by atoms with Crippen molar-refractivity contribution in [1.29, 1.82) is 0 Å². The Kier molecular flexibility index (Phi) is 5.88. The van der Waals surface area contributed by atoms with Crippen LogP contribution in [0.15, 0.2) is 54.6 Å². The van der Waals surface area contributed by atoms with Gasteiger partial charge in [0.15, 0.2) is 0 Å². The fraction of sp³-hybridized carbons (Fsp3) is 0.333. The van der Waals surface area contributed by atoms with Gasteiger partial charge in [0.05, 0.1) is 16.8 Å². The Labute approximate surface area is 210 Å². The van der Waals surface area contributed by atoms with Gasteiger partial charge in [0, 0.05) is 30.3 Å². The Morgan fingerprint density at radius 1 is 0.806 bits per heavy atom. The summed E-state index contributed by atoms with van der Waals surface area (Å²) in [4.78, 5) is 45.8. The lowest BCUT2D eigenvalue weighted by Gasteiger charge is -2.25. The first-order valence-corrected chi connectivity index (χ1v) is 12.9. The second kappa shape index (κ2) is 9.34. The molecule has 2 aliphatic carbocycles. The summed E-state index contributed by atoms with van der Waals surface area (Å²) in [7, 11) is 0. The molecule has 1 atom stereocenters. The van der Waals surface area contributed by atoms with E-state index in [1.807, 2.05) is 30.3 Å². The number of carbonyl (C=O) groups is 3. The van der Waals surface area contributed by atoms with Crippen LogP contribution in [0.3, 0.4) is 0 Å². The fourth-order valence-corrected chi connectivity index (χ4v) is 5.95. The molecule has 1 N–H and O–H groups in total. The second-order valence-electron chi connectivity index (χ2n) is 10.0. The van der Waals surface area contributed by atoms with Crippen molar-refractivity contribution in [3.8, 4) is 0 Å². The molecule has 6 rings (SSSR count). The van der Waals surface area contributed by atoms with Gasteiger partial charge in [0.2, 0.25) is 5.91 Å². The summed E-state index contributed by atoms with van der Waals surface area (Å²) in [6.45, 7) is 0.163. The van der Waals surface area contributed by atoms with E-state index in [1.54, 1.807) is 24.3 Å². The molecule has 3 amide bonds. The van der Waals surface area contributed by atoms with E-state index >= 15 is 0 Å². The minimum atomic E-state index is -0.306. The average molecular weight is 480 g/mol. The van der Waals surface area contributed by atoms with E-state index in [2.05, 4.69) is 5.32 Å². The Hall–Kier alpha value is -3.80. The van der Waals surface area contributed by atoms with Gasteiger partial charge in [-0.05, 0) is 73.8 Å². The molecule has 182 valence electrons. The van der Waals surface area contributed by atoms with Crippen molar-refractivity contribution in [2.45, 2.75) is 57.3 Å². The molecule has 2 aromatic carbocycles. The van der Waals surface area contributed by atoms with Crippen molar-refractivity contribution in [1.82, 2.24) is 9.88 Å². The van der Waals surface area contributed by atoms with Gasteiger partial charge >= 0.3 is 0 Å². The highest BCUT2D eigenvalue weighted by atomic mass is 16.2. The lowest BCUT2D eigenvalue weighted by molar-refractivity contribution is -0.116. The summed E-state index contributed by atoms with van der Waals surface area (Å²) in [5.74, 6) is -0.983. The molecule has 6 heteroatoms. The number of nitrogens with zero attached hydrogens (tertiary/aromatic N) is 2. The van der Waals surface area contributed by atoms with Crippen LogP contribution in [-0.4, -0.2) is 34.2 Å². The second-order valence-corrected chi connectivity index (χ2v) is 10.0. The molecular weight excluding hydrogens is 450 g/mol. The summed E-state index contributed by atoms with van der Waals surface area (Å²) in [6, 6.07) is 16.6. The maximum absolute atomic E-state index is 13.5. The van der Waals surface area contributed by atoms with E-state index in [-0.39, 0.29) is 36.6 Å². The molecule has 0 saturated carbocycles. The molecule has 0 unspecified atom stereocenters. The zero-order chi connectivity index (χ0) is 24.6. The quantitative estimate of drug-likeness (QED) is 0.512. The zero-order valence-corrected chi connectivity index (χ0v) is 20.3. The number of aryl methyl sites for hydroxylation is 2. The van der Waals surface area contributed by atoms with Crippen LogP contribution in [0, 0.1) is 0 Å². The number of aromatic nitrogens is 1. The van der Waals surface area contributed by atoms with Crippen LogP contribution in [0.5, 0.6) is 0 Å². The predicted molar refractivity (Wildman–Crippen MR) is 137 cm³/mol. The predicted octanol–water partition coefficient (Wildman–Crippen LogP) is 4.86. The highest BCUT2D eigenvalue weighted by Crippen LogP contribution is 2.36. The van der Waals surface area contributed by atoms with Crippen molar-refractivity contribution in [3.63, 3.8) is 0 Å². The van der Waals surface area contributed by atoms with Gasteiger partial charge in [-0.3, -0.25) is 24.3 Å². The summed E-state index contributed by atoms with van der Waals surface area (Å²) in [6.07, 6.45) is 7.34. The van der Waals surface area contributed by atoms with E-state index < -0.39 is 0 Å². The van der Waals surface area contributed by atoms with E-state index in [1.165, 1.54) is 16.0 Å². The number of amides is 3. The van der Waals surface area contributed by atoms with E-state index in [0.717, 1.165) is 67.6 Å². The Morgan fingerprint density at radius 3 is 2.08 bits per heavy atom. The molecule has 3 aliphatic rings. The number of anilines is 1. The van der Waals surface area contributed by atoms with Crippen molar-refractivity contribution >= 4 is 23.4 Å². The minimum Gasteiger partial charge on any atom is -0.325 e. The number of fused-ring (bicyclic) bond motifs is 3. The van der Waals surface area contributed by atoms with Gasteiger partial charge in [-0.2, -0.15) is 0 Å². The number of imide groups is 1. The summed E-state index contributed by atoms with van der Waals surface area (Å²) < 4.78 is 0. The number of hydrogen-bond donors (Lipinski definition) is 1. The number of benzene rings is 2. The maximum Gasteiger partial charge on any atom is 0.261 e. The van der Waals surface area contributed by atoms with Crippen molar-refractivity contribution in [3.05, 3.63) is 93.8 Å². The normalized spacial score (nSPS) is 16.9. The Bertz CT molecular complexity index is 1330. The highest BCUT2D eigenvalue weighted by molar-refractivity contribution is 6.21. The van der Waals surface area contributed by atoms with Crippen molar-refractivity contribution in [2.75, 3.05) is 11.9 Å². The first-order chi connectivity index (χ1) is 17.6. The van der Waals surface area contributed by atoms with Gasteiger partial charge in [0.1, 0.15) is 0 Å². The van der Waals surface area contributed by atoms with Crippen LogP contribution >= 0.6 is 0 Å². The number of carbonyl (C=O) groups excluding carboxylic acids is 3. The average Bonchev–Trinajstić information content (AvgIpc) is 3.47. The van der Waals surface area contributed by atoms with Crippen molar-refractivity contribution < 1.29 is 14.4 Å². The SMILES string of the molecule is O=C(C[C@@H](CN1C(=O)c2ccccc2C1=O)c1ccccc1)Nc1c2c(nc3c1CCC3)CCCC2. The minimum absolute atomic E-state index is 0.0893. The van der Waals surface area contributed by atoms with Gasteiger partial charge in [0.25, 0.3) is 11.8 Å². The summed E-state index contributed by atoms with van der Waals surface area (Å²) >= 11 is 0. The van der Waals surface area contributed by atoms with E-state index in [0.29, 0.717) is 11.1 Å². The molecule has 0 saturated heterocycles. The smallest absolute Gasteiger partial charge is 0.261 e. The topological polar surface area (TPSA) is 79.4 Å². The molecule has 1 aliphatic heterocycles. The lowest BCUT2D eigenvalue weighted by Crippen LogP contribution is -2.35. The number of pyridine rings is 1. The van der Waals surface area contributed by atoms with Crippen LogP contribution in [0.4, 0.5) is 5.69 Å². The Balaban J connectivity index is 1.27. The van der Waals surface area contributed by atoms with Gasteiger partial charge in [-0.15, -0.1) is 0 Å². The summed E-state index contributed by atoms with van der Waals surface area (Å²) in [5, 5.41) is 3.27. The van der Waals surface area contributed by atoms with Crippen LogP contribution < -0.4 is 5.32 Å². The first-order valence-electron chi connectivity index (χ1n) is 12.9.